The van der Waals surface area contributed by atoms with E-state index < -0.39 is 46.6 Å². The van der Waals surface area contributed by atoms with Crippen molar-refractivity contribution in [1.29, 1.82) is 0 Å². The third-order valence-electron chi connectivity index (χ3n) is 6.42. The highest BCUT2D eigenvalue weighted by molar-refractivity contribution is 6.08. The zero-order valence-corrected chi connectivity index (χ0v) is 23.8. The highest BCUT2D eigenvalue weighted by atomic mass is 19.4. The first-order valence-corrected chi connectivity index (χ1v) is 12.9. The van der Waals surface area contributed by atoms with Gasteiger partial charge in [0.1, 0.15) is 5.60 Å². The molecule has 2 aromatic carbocycles. The molecule has 0 radical (unpaired) electrons. The van der Waals surface area contributed by atoms with E-state index in [-0.39, 0.29) is 11.8 Å². The highest BCUT2D eigenvalue weighted by Gasteiger charge is 2.38. The number of carbonyl (C=O) groups excluding carboxylic acids is 2. The average Bonchev–Trinajstić information content (AvgIpc) is 3.40. The van der Waals surface area contributed by atoms with Crippen LogP contribution in [-0.4, -0.2) is 34.2 Å². The zero-order chi connectivity index (χ0) is 31.9. The van der Waals surface area contributed by atoms with E-state index in [9.17, 15) is 35.9 Å². The first-order valence-electron chi connectivity index (χ1n) is 12.9. The van der Waals surface area contributed by atoms with Crippen molar-refractivity contribution in [2.45, 2.75) is 45.6 Å². The van der Waals surface area contributed by atoms with Crippen molar-refractivity contribution in [3.63, 3.8) is 0 Å². The van der Waals surface area contributed by atoms with Crippen LogP contribution in [0.1, 0.15) is 47.8 Å². The minimum atomic E-state index is -5.12. The molecule has 1 amide bonds. The first-order chi connectivity index (χ1) is 19.9. The van der Waals surface area contributed by atoms with Gasteiger partial charge in [-0.25, -0.2) is 4.79 Å². The Morgan fingerprint density at radius 3 is 2.00 bits per heavy atom. The van der Waals surface area contributed by atoms with E-state index in [1.54, 1.807) is 70.2 Å². The second kappa shape index (κ2) is 11.2. The predicted octanol–water partition coefficient (Wildman–Crippen LogP) is 8.62. The summed E-state index contributed by atoms with van der Waals surface area (Å²) in [6, 6.07) is 12.6. The summed E-state index contributed by atoms with van der Waals surface area (Å²) in [5.74, 6) is -1.11. The number of aryl methyl sites for hydroxylation is 1. The molecule has 0 fully saturated rings. The molecule has 4 rings (SSSR count). The lowest BCUT2D eigenvalue weighted by atomic mass is 9.98. The van der Waals surface area contributed by atoms with Crippen LogP contribution in [0.5, 0.6) is 0 Å². The number of ether oxygens (including phenoxy) is 1. The Labute approximate surface area is 243 Å². The molecule has 0 aliphatic rings. The van der Waals surface area contributed by atoms with Crippen molar-refractivity contribution < 1.29 is 40.7 Å². The Morgan fingerprint density at radius 2 is 1.44 bits per heavy atom. The van der Waals surface area contributed by atoms with Crippen LogP contribution in [0.4, 0.5) is 36.8 Å². The van der Waals surface area contributed by atoms with Crippen molar-refractivity contribution in [2.75, 3.05) is 11.9 Å². The van der Waals surface area contributed by atoms with Gasteiger partial charge in [0.15, 0.2) is 0 Å². The number of nitrogens with zero attached hydrogens (tertiary/aromatic N) is 3. The van der Waals surface area contributed by atoms with Crippen molar-refractivity contribution in [1.82, 2.24) is 9.55 Å². The minimum absolute atomic E-state index is 0.0360. The lowest BCUT2D eigenvalue weighted by Gasteiger charge is -2.23. The van der Waals surface area contributed by atoms with E-state index in [1.165, 1.54) is 24.0 Å². The standard InChI is InChI=1S/C31H27F6N3O3/c1-18-9-6-7-10-22(18)23-16-24(25-11-8-12-40(25)28(42)43-29(2,3)4)38-17-26(23)39(5)27(41)19-13-20(30(32,33)34)15-21(14-19)31(35,36)37/h6-17H,1-5H3. The summed E-state index contributed by atoms with van der Waals surface area (Å²) in [6.07, 6.45) is -8.12. The fourth-order valence-corrected chi connectivity index (χ4v) is 4.39. The van der Waals surface area contributed by atoms with Gasteiger partial charge in [-0.15, -0.1) is 0 Å². The molecule has 0 N–H and O–H groups in total. The summed E-state index contributed by atoms with van der Waals surface area (Å²) in [7, 11) is 1.23. The van der Waals surface area contributed by atoms with Crippen LogP contribution in [0, 0.1) is 6.92 Å². The van der Waals surface area contributed by atoms with Crippen molar-refractivity contribution in [3.05, 3.63) is 95.3 Å². The van der Waals surface area contributed by atoms with Gasteiger partial charge in [0, 0.05) is 24.4 Å². The van der Waals surface area contributed by atoms with Crippen molar-refractivity contribution in [2.24, 2.45) is 0 Å². The molecule has 2 heterocycles. The molecular weight excluding hydrogens is 576 g/mol. The van der Waals surface area contributed by atoms with E-state index in [0.717, 1.165) is 10.5 Å². The molecule has 12 heteroatoms. The Balaban J connectivity index is 1.85. The summed E-state index contributed by atoms with van der Waals surface area (Å²) in [5.41, 5.74) is -2.22. The number of carbonyl (C=O) groups is 2. The molecule has 4 aromatic rings. The van der Waals surface area contributed by atoms with Gasteiger partial charge in [-0.1, -0.05) is 24.3 Å². The molecular formula is C31H27F6N3O3. The summed E-state index contributed by atoms with van der Waals surface area (Å²) in [6.45, 7) is 6.94. The second-order valence-electron chi connectivity index (χ2n) is 10.8. The molecule has 0 saturated heterocycles. The first kappa shape index (κ1) is 31.3. The number of amides is 1. The van der Waals surface area contributed by atoms with Gasteiger partial charge in [-0.05, 0) is 75.2 Å². The largest absolute Gasteiger partial charge is 0.443 e. The number of halogens is 6. The minimum Gasteiger partial charge on any atom is -0.443 e. The Kier molecular flexibility index (Phi) is 8.18. The number of hydrogen-bond donors (Lipinski definition) is 0. The van der Waals surface area contributed by atoms with Gasteiger partial charge in [0.2, 0.25) is 0 Å². The second-order valence-corrected chi connectivity index (χ2v) is 10.8. The van der Waals surface area contributed by atoms with Crippen LogP contribution in [-0.2, 0) is 17.1 Å². The van der Waals surface area contributed by atoms with Crippen LogP contribution < -0.4 is 4.90 Å². The molecule has 0 atom stereocenters. The number of benzene rings is 2. The van der Waals surface area contributed by atoms with E-state index in [0.29, 0.717) is 34.6 Å². The number of hydrogen-bond acceptors (Lipinski definition) is 4. The molecule has 0 spiro atoms. The van der Waals surface area contributed by atoms with Gasteiger partial charge in [0.25, 0.3) is 5.91 Å². The van der Waals surface area contributed by atoms with Crippen LogP contribution in [0.25, 0.3) is 22.5 Å². The molecule has 0 unspecified atom stereocenters. The lowest BCUT2D eigenvalue weighted by molar-refractivity contribution is -0.143. The van der Waals surface area contributed by atoms with Crippen LogP contribution in [0.15, 0.2) is 73.1 Å². The van der Waals surface area contributed by atoms with E-state index in [1.807, 2.05) is 0 Å². The summed E-state index contributed by atoms with van der Waals surface area (Å²) >= 11 is 0. The van der Waals surface area contributed by atoms with Gasteiger partial charge < -0.3 is 9.64 Å². The summed E-state index contributed by atoms with van der Waals surface area (Å²) in [5, 5.41) is 0. The molecule has 0 bridgehead atoms. The zero-order valence-electron chi connectivity index (χ0n) is 23.8. The fourth-order valence-electron chi connectivity index (χ4n) is 4.39. The van der Waals surface area contributed by atoms with E-state index >= 15 is 0 Å². The number of rotatable bonds is 4. The van der Waals surface area contributed by atoms with Crippen LogP contribution in [0.2, 0.25) is 0 Å². The monoisotopic (exact) mass is 603 g/mol. The van der Waals surface area contributed by atoms with Gasteiger partial charge in [0.05, 0.1) is 34.4 Å². The molecule has 0 saturated carbocycles. The van der Waals surface area contributed by atoms with Crippen molar-refractivity contribution >= 4 is 17.7 Å². The predicted molar refractivity (Wildman–Crippen MR) is 149 cm³/mol. The summed E-state index contributed by atoms with van der Waals surface area (Å²) in [4.78, 5) is 31.7. The molecule has 0 aliphatic heterocycles. The molecule has 43 heavy (non-hydrogen) atoms. The molecule has 226 valence electrons. The number of pyridine rings is 1. The third kappa shape index (κ3) is 6.90. The fraction of sp³-hybridized carbons (Fsp3) is 0.258. The molecule has 0 aliphatic carbocycles. The van der Waals surface area contributed by atoms with Gasteiger partial charge >= 0.3 is 18.4 Å². The third-order valence-corrected chi connectivity index (χ3v) is 6.42. The SMILES string of the molecule is Cc1ccccc1-c1cc(-c2cccn2C(=O)OC(C)(C)C)ncc1N(C)C(=O)c1cc(C(F)(F)F)cc(C(F)(F)F)c1. The maximum atomic E-state index is 13.5. The highest BCUT2D eigenvalue weighted by Crippen LogP contribution is 2.39. The van der Waals surface area contributed by atoms with E-state index in [2.05, 4.69) is 4.98 Å². The normalized spacial score (nSPS) is 12.3. The van der Waals surface area contributed by atoms with E-state index in [4.69, 9.17) is 4.74 Å². The summed E-state index contributed by atoms with van der Waals surface area (Å²) < 4.78 is 87.6. The van der Waals surface area contributed by atoms with Crippen LogP contribution in [0.3, 0.4) is 0 Å². The molecule has 2 aromatic heterocycles. The molecule has 6 nitrogen and oxygen atoms in total. The smallest absolute Gasteiger partial charge is 0.419 e. The lowest BCUT2D eigenvalue weighted by Crippen LogP contribution is -2.28. The maximum Gasteiger partial charge on any atom is 0.419 e. The quantitative estimate of drug-likeness (QED) is 0.219. The van der Waals surface area contributed by atoms with Gasteiger partial charge in [-0.2, -0.15) is 26.3 Å². The Morgan fingerprint density at radius 1 is 0.837 bits per heavy atom. The Bertz CT molecular complexity index is 1650. The number of anilines is 1. The number of alkyl halides is 6. The van der Waals surface area contributed by atoms with Crippen LogP contribution >= 0.6 is 0 Å². The van der Waals surface area contributed by atoms with Gasteiger partial charge in [-0.3, -0.25) is 14.3 Å². The number of aromatic nitrogens is 2. The maximum absolute atomic E-state index is 13.5. The van der Waals surface area contributed by atoms with Crippen molar-refractivity contribution in [3.8, 4) is 22.5 Å². The topological polar surface area (TPSA) is 64.4 Å². The average molecular weight is 604 g/mol. The Hall–Kier alpha value is -4.61.